The molecule has 1 aliphatic heterocycles. The van der Waals surface area contributed by atoms with Crippen molar-refractivity contribution in [2.24, 2.45) is 0 Å². The number of aromatic nitrogens is 2. The third kappa shape index (κ3) is 4.67. The van der Waals surface area contributed by atoms with Crippen molar-refractivity contribution in [1.29, 1.82) is 0 Å². The van der Waals surface area contributed by atoms with Crippen molar-refractivity contribution >= 4 is 33.0 Å². The van der Waals surface area contributed by atoms with Crippen molar-refractivity contribution in [3.63, 3.8) is 0 Å². The molecule has 1 N–H and O–H groups in total. The topological polar surface area (TPSA) is 95.5 Å². The normalized spacial score (nSPS) is 15.7. The second-order valence-electron chi connectivity index (χ2n) is 7.33. The summed E-state index contributed by atoms with van der Waals surface area (Å²) in [7, 11) is -1.56. The van der Waals surface area contributed by atoms with Crippen LogP contribution in [0, 0.1) is 6.92 Å². The molecule has 0 bridgehead atoms. The third-order valence-electron chi connectivity index (χ3n) is 5.10. The van der Waals surface area contributed by atoms with Crippen LogP contribution in [-0.4, -0.2) is 66.7 Å². The summed E-state index contributed by atoms with van der Waals surface area (Å²) in [6, 6.07) is 11.8. The first-order valence-electron chi connectivity index (χ1n) is 9.83. The van der Waals surface area contributed by atoms with Gasteiger partial charge < -0.3 is 10.2 Å². The van der Waals surface area contributed by atoms with E-state index in [4.69, 9.17) is 0 Å². The Balaban J connectivity index is 1.47. The molecular formula is C21H23N5O3S2. The lowest BCUT2D eigenvalue weighted by Gasteiger charge is -2.31. The van der Waals surface area contributed by atoms with Crippen LogP contribution in [0.1, 0.15) is 15.4 Å². The molecule has 1 aliphatic rings. The van der Waals surface area contributed by atoms with E-state index in [9.17, 15) is 13.2 Å². The molecule has 10 heteroatoms. The van der Waals surface area contributed by atoms with E-state index in [2.05, 4.69) is 20.2 Å². The van der Waals surface area contributed by atoms with Crippen LogP contribution in [0.2, 0.25) is 0 Å². The number of aryl methyl sites for hydroxylation is 1. The van der Waals surface area contributed by atoms with E-state index in [-0.39, 0.29) is 10.8 Å². The number of likely N-dealkylation sites (N-methyl/N-ethyl adjacent to an activating group) is 1. The molecule has 1 aromatic carbocycles. The SMILES string of the molecule is Cc1nc(-c2ccccn2)sc1C(=O)Nc1ccc(S(=O)(=O)N2CCN(C)CC2)cc1. The molecule has 0 atom stereocenters. The predicted molar refractivity (Wildman–Crippen MR) is 121 cm³/mol. The lowest BCUT2D eigenvalue weighted by molar-refractivity contribution is 0.103. The van der Waals surface area contributed by atoms with Gasteiger partial charge in [0.1, 0.15) is 9.88 Å². The fourth-order valence-electron chi connectivity index (χ4n) is 3.28. The Morgan fingerprint density at radius 1 is 1.06 bits per heavy atom. The number of carbonyl (C=O) groups is 1. The van der Waals surface area contributed by atoms with Crippen LogP contribution in [0.4, 0.5) is 5.69 Å². The number of amides is 1. The van der Waals surface area contributed by atoms with Gasteiger partial charge in [-0.1, -0.05) is 6.07 Å². The first-order valence-corrected chi connectivity index (χ1v) is 12.1. The van der Waals surface area contributed by atoms with Crippen LogP contribution < -0.4 is 5.32 Å². The number of hydrogen-bond donors (Lipinski definition) is 1. The highest BCUT2D eigenvalue weighted by molar-refractivity contribution is 7.89. The average Bonchev–Trinajstić information content (AvgIpc) is 3.17. The average molecular weight is 458 g/mol. The molecule has 2 aromatic heterocycles. The van der Waals surface area contributed by atoms with Gasteiger partial charge in [0.25, 0.3) is 5.91 Å². The quantitative estimate of drug-likeness (QED) is 0.633. The van der Waals surface area contributed by atoms with Crippen LogP contribution in [0.3, 0.4) is 0 Å². The Kier molecular flexibility index (Phi) is 6.15. The first kappa shape index (κ1) is 21.6. The number of benzene rings is 1. The van der Waals surface area contributed by atoms with Crippen molar-refractivity contribution in [2.75, 3.05) is 38.5 Å². The third-order valence-corrected chi connectivity index (χ3v) is 8.19. The van der Waals surface area contributed by atoms with Crippen molar-refractivity contribution in [3.8, 4) is 10.7 Å². The minimum Gasteiger partial charge on any atom is -0.321 e. The molecule has 1 fully saturated rings. The van der Waals surface area contributed by atoms with E-state index >= 15 is 0 Å². The van der Waals surface area contributed by atoms with Gasteiger partial charge in [-0.05, 0) is 50.4 Å². The van der Waals surface area contributed by atoms with E-state index in [1.807, 2.05) is 25.2 Å². The van der Waals surface area contributed by atoms with Crippen LogP contribution in [-0.2, 0) is 10.0 Å². The van der Waals surface area contributed by atoms with Gasteiger partial charge in [-0.3, -0.25) is 9.78 Å². The van der Waals surface area contributed by atoms with Crippen LogP contribution in [0.15, 0.2) is 53.6 Å². The van der Waals surface area contributed by atoms with Crippen molar-refractivity contribution in [1.82, 2.24) is 19.2 Å². The Morgan fingerprint density at radius 2 is 1.77 bits per heavy atom. The fraction of sp³-hybridized carbons (Fsp3) is 0.286. The Labute approximate surface area is 185 Å². The summed E-state index contributed by atoms with van der Waals surface area (Å²) in [5.74, 6) is -0.285. The van der Waals surface area contributed by atoms with E-state index in [0.717, 1.165) is 0 Å². The molecule has 1 saturated heterocycles. The second kappa shape index (κ2) is 8.83. The number of anilines is 1. The van der Waals surface area contributed by atoms with Gasteiger partial charge in [-0.2, -0.15) is 4.31 Å². The summed E-state index contributed by atoms with van der Waals surface area (Å²) >= 11 is 1.27. The Morgan fingerprint density at radius 3 is 2.42 bits per heavy atom. The number of carbonyl (C=O) groups excluding carboxylic acids is 1. The second-order valence-corrected chi connectivity index (χ2v) is 10.3. The highest BCUT2D eigenvalue weighted by Gasteiger charge is 2.27. The monoisotopic (exact) mass is 457 g/mol. The number of nitrogens with zero attached hydrogens (tertiary/aromatic N) is 4. The zero-order valence-corrected chi connectivity index (χ0v) is 18.9. The molecule has 162 valence electrons. The van der Waals surface area contributed by atoms with Gasteiger partial charge in [0.15, 0.2) is 0 Å². The standard InChI is InChI=1S/C21H23N5O3S2/c1-15-19(30-21(23-15)18-5-3-4-10-22-18)20(27)24-16-6-8-17(9-7-16)31(28,29)26-13-11-25(2)12-14-26/h3-10H,11-14H2,1-2H3,(H,24,27). The molecule has 8 nitrogen and oxygen atoms in total. The molecule has 3 aromatic rings. The molecule has 0 radical (unpaired) electrons. The predicted octanol–water partition coefficient (Wildman–Crippen LogP) is 2.70. The van der Waals surface area contributed by atoms with Gasteiger partial charge in [-0.25, -0.2) is 13.4 Å². The number of pyridine rings is 1. The summed E-state index contributed by atoms with van der Waals surface area (Å²) in [5, 5.41) is 3.50. The van der Waals surface area contributed by atoms with E-state index in [1.54, 1.807) is 25.3 Å². The molecule has 4 rings (SSSR count). The van der Waals surface area contributed by atoms with Crippen LogP contribution in [0.25, 0.3) is 10.7 Å². The number of sulfonamides is 1. The van der Waals surface area contributed by atoms with Crippen LogP contribution in [0.5, 0.6) is 0 Å². The molecule has 0 spiro atoms. The van der Waals surface area contributed by atoms with E-state index in [1.165, 1.54) is 27.8 Å². The molecular weight excluding hydrogens is 434 g/mol. The number of hydrogen-bond acceptors (Lipinski definition) is 7. The zero-order chi connectivity index (χ0) is 22.0. The lowest BCUT2D eigenvalue weighted by atomic mass is 10.3. The molecule has 0 aliphatic carbocycles. The molecule has 31 heavy (non-hydrogen) atoms. The maximum absolute atomic E-state index is 12.8. The van der Waals surface area contributed by atoms with Crippen LogP contribution >= 0.6 is 11.3 Å². The van der Waals surface area contributed by atoms with Crippen molar-refractivity contribution in [2.45, 2.75) is 11.8 Å². The highest BCUT2D eigenvalue weighted by atomic mass is 32.2. The minimum atomic E-state index is -3.54. The zero-order valence-electron chi connectivity index (χ0n) is 17.3. The number of nitrogens with one attached hydrogen (secondary N) is 1. The minimum absolute atomic E-state index is 0.224. The summed E-state index contributed by atoms with van der Waals surface area (Å²) in [6.45, 7) is 4.15. The Bertz CT molecular complexity index is 1170. The summed E-state index contributed by atoms with van der Waals surface area (Å²) in [5.41, 5.74) is 1.86. The molecule has 0 saturated carbocycles. The van der Waals surface area contributed by atoms with E-state index < -0.39 is 10.0 Å². The van der Waals surface area contributed by atoms with Gasteiger partial charge >= 0.3 is 0 Å². The summed E-state index contributed by atoms with van der Waals surface area (Å²) in [6.07, 6.45) is 1.68. The molecule has 0 unspecified atom stereocenters. The van der Waals surface area contributed by atoms with Crippen molar-refractivity contribution < 1.29 is 13.2 Å². The van der Waals surface area contributed by atoms with Gasteiger partial charge in [0.2, 0.25) is 10.0 Å². The van der Waals surface area contributed by atoms with Gasteiger partial charge in [-0.15, -0.1) is 11.3 Å². The number of thiazole rings is 1. The number of piperazine rings is 1. The van der Waals surface area contributed by atoms with Crippen molar-refractivity contribution in [3.05, 3.63) is 59.2 Å². The lowest BCUT2D eigenvalue weighted by Crippen LogP contribution is -2.46. The Hall–Kier alpha value is -2.66. The highest BCUT2D eigenvalue weighted by Crippen LogP contribution is 2.27. The number of rotatable bonds is 5. The smallest absolute Gasteiger partial charge is 0.267 e. The fourth-order valence-corrected chi connectivity index (χ4v) is 5.64. The van der Waals surface area contributed by atoms with Gasteiger partial charge in [0.05, 0.1) is 16.3 Å². The summed E-state index contributed by atoms with van der Waals surface area (Å²) < 4.78 is 27.2. The van der Waals surface area contributed by atoms with E-state index in [0.29, 0.717) is 53.1 Å². The molecule has 1 amide bonds. The first-order chi connectivity index (χ1) is 14.8. The largest absolute Gasteiger partial charge is 0.321 e. The maximum Gasteiger partial charge on any atom is 0.267 e. The molecule has 3 heterocycles. The summed E-state index contributed by atoms with van der Waals surface area (Å²) in [4.78, 5) is 24.3. The van der Waals surface area contributed by atoms with Gasteiger partial charge in [0, 0.05) is 38.1 Å². The maximum atomic E-state index is 12.8.